The largest absolute Gasteiger partial charge is 0.452 e. The van der Waals surface area contributed by atoms with Crippen LogP contribution in [0.2, 0.25) is 0 Å². The highest BCUT2D eigenvalue weighted by Crippen LogP contribution is 2.29. The first-order valence-electron chi connectivity index (χ1n) is 9.67. The number of amides is 2. The quantitative estimate of drug-likeness (QED) is 0.495. The second-order valence-corrected chi connectivity index (χ2v) is 6.63. The van der Waals surface area contributed by atoms with Crippen LogP contribution in [-0.4, -0.2) is 48.9 Å². The number of nitrogens with zero attached hydrogens (tertiary/aromatic N) is 1. The molecule has 0 bridgehead atoms. The number of hydrogen-bond donors (Lipinski definition) is 1. The standard InChI is InChI=1S/C23H24N2O4/c1-3-24-20(26)14-25(4-2)21(27)15-29-23(28)22-18-11-7-5-9-16(18)13-17-10-6-8-12-19(17)22/h5-13H,3-4,14-15H2,1-2H3,(H,24,26). The average Bonchev–Trinajstić information content (AvgIpc) is 2.74. The van der Waals surface area contributed by atoms with Crippen molar-refractivity contribution < 1.29 is 19.1 Å². The lowest BCUT2D eigenvalue weighted by molar-refractivity contribution is -0.138. The lowest BCUT2D eigenvalue weighted by Crippen LogP contribution is -2.42. The summed E-state index contributed by atoms with van der Waals surface area (Å²) in [5.74, 6) is -1.20. The summed E-state index contributed by atoms with van der Waals surface area (Å²) in [6.07, 6.45) is 0. The van der Waals surface area contributed by atoms with Gasteiger partial charge in [0.15, 0.2) is 6.61 Å². The number of nitrogens with one attached hydrogen (secondary N) is 1. The minimum absolute atomic E-state index is 0.0576. The Kier molecular flexibility index (Phi) is 6.44. The maximum absolute atomic E-state index is 12.9. The Morgan fingerprint density at radius 3 is 2.07 bits per heavy atom. The van der Waals surface area contributed by atoms with E-state index in [1.807, 2.05) is 61.5 Å². The maximum Gasteiger partial charge on any atom is 0.339 e. The molecule has 0 aromatic heterocycles. The fraction of sp³-hybridized carbons (Fsp3) is 0.261. The molecule has 3 aromatic rings. The second kappa shape index (κ2) is 9.19. The molecule has 6 heteroatoms. The van der Waals surface area contributed by atoms with Crippen molar-refractivity contribution in [3.63, 3.8) is 0 Å². The Morgan fingerprint density at radius 1 is 0.931 bits per heavy atom. The first kappa shape index (κ1) is 20.3. The van der Waals surface area contributed by atoms with E-state index in [9.17, 15) is 14.4 Å². The molecular weight excluding hydrogens is 368 g/mol. The Labute approximate surface area is 169 Å². The van der Waals surface area contributed by atoms with Crippen LogP contribution in [0.15, 0.2) is 54.6 Å². The topological polar surface area (TPSA) is 75.7 Å². The van der Waals surface area contributed by atoms with Gasteiger partial charge in [-0.25, -0.2) is 4.79 Å². The van der Waals surface area contributed by atoms with E-state index in [-0.39, 0.29) is 12.5 Å². The second-order valence-electron chi connectivity index (χ2n) is 6.63. The summed E-state index contributed by atoms with van der Waals surface area (Å²) in [4.78, 5) is 38.5. The van der Waals surface area contributed by atoms with Crippen LogP contribution >= 0.6 is 0 Å². The third-order valence-corrected chi connectivity index (χ3v) is 4.74. The highest BCUT2D eigenvalue weighted by molar-refractivity contribution is 6.16. The van der Waals surface area contributed by atoms with Crippen molar-refractivity contribution in [3.05, 3.63) is 60.2 Å². The number of rotatable bonds is 7. The first-order chi connectivity index (χ1) is 14.0. The number of carbonyl (C=O) groups excluding carboxylic acids is 3. The van der Waals surface area contributed by atoms with Gasteiger partial charge < -0.3 is 15.0 Å². The Hall–Kier alpha value is -3.41. The van der Waals surface area contributed by atoms with Crippen LogP contribution in [0.5, 0.6) is 0 Å². The SMILES string of the molecule is CCNC(=O)CN(CC)C(=O)COC(=O)c1c2ccccc2cc2ccccc12. The van der Waals surface area contributed by atoms with E-state index in [0.29, 0.717) is 18.7 Å². The van der Waals surface area contributed by atoms with Gasteiger partial charge in [0.1, 0.15) is 0 Å². The number of carbonyl (C=O) groups is 3. The minimum Gasteiger partial charge on any atom is -0.452 e. The Bertz CT molecular complexity index is 1010. The fourth-order valence-corrected chi connectivity index (χ4v) is 3.33. The molecule has 3 aromatic carbocycles. The molecule has 29 heavy (non-hydrogen) atoms. The maximum atomic E-state index is 12.9. The van der Waals surface area contributed by atoms with Gasteiger partial charge in [-0.1, -0.05) is 48.5 Å². The number of esters is 1. The van der Waals surface area contributed by atoms with Gasteiger partial charge in [-0.2, -0.15) is 0 Å². The van der Waals surface area contributed by atoms with E-state index in [0.717, 1.165) is 21.5 Å². The molecule has 0 saturated carbocycles. The van der Waals surface area contributed by atoms with E-state index in [1.54, 1.807) is 6.92 Å². The van der Waals surface area contributed by atoms with Gasteiger partial charge in [-0.05, 0) is 41.5 Å². The van der Waals surface area contributed by atoms with Crippen molar-refractivity contribution in [2.24, 2.45) is 0 Å². The smallest absolute Gasteiger partial charge is 0.339 e. The van der Waals surface area contributed by atoms with Gasteiger partial charge in [0.05, 0.1) is 12.1 Å². The van der Waals surface area contributed by atoms with E-state index >= 15 is 0 Å². The van der Waals surface area contributed by atoms with Crippen molar-refractivity contribution in [1.29, 1.82) is 0 Å². The van der Waals surface area contributed by atoms with Crippen LogP contribution in [0, 0.1) is 0 Å². The molecule has 1 N–H and O–H groups in total. The molecule has 2 amide bonds. The number of likely N-dealkylation sites (N-methyl/N-ethyl adjacent to an activating group) is 2. The summed E-state index contributed by atoms with van der Waals surface area (Å²) in [7, 11) is 0. The van der Waals surface area contributed by atoms with Gasteiger partial charge >= 0.3 is 5.97 Å². The molecule has 0 aliphatic heterocycles. The number of hydrogen-bond acceptors (Lipinski definition) is 4. The fourth-order valence-electron chi connectivity index (χ4n) is 3.33. The Morgan fingerprint density at radius 2 is 1.52 bits per heavy atom. The summed E-state index contributed by atoms with van der Waals surface area (Å²) in [5, 5.41) is 6.06. The summed E-state index contributed by atoms with van der Waals surface area (Å²) in [6.45, 7) is 3.96. The molecule has 6 nitrogen and oxygen atoms in total. The number of benzene rings is 3. The predicted molar refractivity (Wildman–Crippen MR) is 113 cm³/mol. The summed E-state index contributed by atoms with van der Waals surface area (Å²) >= 11 is 0. The van der Waals surface area contributed by atoms with Crippen LogP contribution < -0.4 is 5.32 Å². The van der Waals surface area contributed by atoms with Gasteiger partial charge in [0, 0.05) is 13.1 Å². The lowest BCUT2D eigenvalue weighted by atomic mass is 9.97. The molecule has 0 unspecified atom stereocenters. The molecule has 0 aliphatic rings. The third kappa shape index (κ3) is 4.54. The van der Waals surface area contributed by atoms with Crippen molar-refractivity contribution in [2.45, 2.75) is 13.8 Å². The average molecular weight is 392 g/mol. The van der Waals surface area contributed by atoms with Gasteiger partial charge in [0.25, 0.3) is 5.91 Å². The lowest BCUT2D eigenvalue weighted by Gasteiger charge is -2.20. The van der Waals surface area contributed by atoms with Crippen molar-refractivity contribution in [3.8, 4) is 0 Å². The van der Waals surface area contributed by atoms with E-state index in [2.05, 4.69) is 5.32 Å². The highest BCUT2D eigenvalue weighted by Gasteiger charge is 2.20. The van der Waals surface area contributed by atoms with E-state index in [1.165, 1.54) is 4.90 Å². The van der Waals surface area contributed by atoms with Crippen molar-refractivity contribution >= 4 is 39.3 Å². The summed E-state index contributed by atoms with van der Waals surface area (Å²) in [5.41, 5.74) is 0.443. The third-order valence-electron chi connectivity index (χ3n) is 4.74. The van der Waals surface area contributed by atoms with Crippen molar-refractivity contribution in [2.75, 3.05) is 26.2 Å². The highest BCUT2D eigenvalue weighted by atomic mass is 16.5. The van der Waals surface area contributed by atoms with Gasteiger partial charge in [0.2, 0.25) is 5.91 Å². The monoisotopic (exact) mass is 392 g/mol. The zero-order chi connectivity index (χ0) is 20.8. The van der Waals surface area contributed by atoms with Crippen molar-refractivity contribution in [1.82, 2.24) is 10.2 Å². The van der Waals surface area contributed by atoms with Crippen LogP contribution in [0.3, 0.4) is 0 Å². The molecule has 0 heterocycles. The van der Waals surface area contributed by atoms with Gasteiger partial charge in [-0.3, -0.25) is 9.59 Å². The molecule has 0 saturated heterocycles. The number of fused-ring (bicyclic) bond motifs is 2. The molecular formula is C23H24N2O4. The molecule has 0 atom stereocenters. The van der Waals surface area contributed by atoms with Crippen LogP contribution in [0.1, 0.15) is 24.2 Å². The Balaban J connectivity index is 1.82. The molecule has 150 valence electrons. The summed E-state index contributed by atoms with van der Waals surface area (Å²) < 4.78 is 5.37. The minimum atomic E-state index is -0.555. The summed E-state index contributed by atoms with van der Waals surface area (Å²) in [6, 6.07) is 17.2. The molecule has 0 fully saturated rings. The van der Waals surface area contributed by atoms with Crippen LogP contribution in [-0.2, 0) is 14.3 Å². The molecule has 0 spiro atoms. The molecule has 0 aliphatic carbocycles. The van der Waals surface area contributed by atoms with Crippen LogP contribution in [0.25, 0.3) is 21.5 Å². The van der Waals surface area contributed by atoms with Crippen LogP contribution in [0.4, 0.5) is 0 Å². The van der Waals surface area contributed by atoms with Gasteiger partial charge in [-0.15, -0.1) is 0 Å². The first-order valence-corrected chi connectivity index (χ1v) is 9.67. The van der Waals surface area contributed by atoms with E-state index in [4.69, 9.17) is 4.74 Å². The predicted octanol–water partition coefficient (Wildman–Crippen LogP) is 3.13. The molecule has 3 rings (SSSR count). The zero-order valence-electron chi connectivity index (χ0n) is 16.6. The normalized spacial score (nSPS) is 10.7. The number of ether oxygens (including phenoxy) is 1. The zero-order valence-corrected chi connectivity index (χ0v) is 16.6. The molecule has 0 radical (unpaired) electrons. The van der Waals surface area contributed by atoms with E-state index < -0.39 is 18.5 Å².